The van der Waals surface area contributed by atoms with Crippen molar-refractivity contribution in [3.8, 4) is 0 Å². The van der Waals surface area contributed by atoms with Crippen LogP contribution in [-0.4, -0.2) is 28.4 Å². The normalized spacial score (nSPS) is 18.9. The Labute approximate surface area is 138 Å². The Bertz CT molecular complexity index is 651. The number of hydrogen-bond donors (Lipinski definition) is 0. The molecule has 1 aromatic heterocycles. The van der Waals surface area contributed by atoms with E-state index in [0.29, 0.717) is 11.5 Å². The van der Waals surface area contributed by atoms with Gasteiger partial charge in [0.25, 0.3) is 5.91 Å². The summed E-state index contributed by atoms with van der Waals surface area (Å²) in [6.45, 7) is 5.00. The lowest BCUT2D eigenvalue weighted by Gasteiger charge is -2.31. The average molecular weight is 308 g/mol. The lowest BCUT2D eigenvalue weighted by molar-refractivity contribution is 0.0714. The zero-order valence-electron chi connectivity index (χ0n) is 13.9. The highest BCUT2D eigenvalue weighted by molar-refractivity contribution is 5.94. The molecule has 0 aliphatic carbocycles. The zero-order chi connectivity index (χ0) is 16.2. The Hall–Kier alpha value is -2.16. The summed E-state index contributed by atoms with van der Waals surface area (Å²) >= 11 is 0. The molecule has 0 saturated carbocycles. The predicted molar refractivity (Wildman–Crippen MR) is 92.5 cm³/mol. The number of rotatable bonds is 4. The minimum Gasteiger partial charge on any atom is -0.335 e. The number of carbonyl (C=O) groups excluding carboxylic acids is 1. The van der Waals surface area contributed by atoms with Gasteiger partial charge in [0.1, 0.15) is 0 Å². The smallest absolute Gasteiger partial charge is 0.255 e. The topological polar surface area (TPSA) is 33.2 Å². The van der Waals surface area contributed by atoms with E-state index >= 15 is 0 Å². The Balaban J connectivity index is 1.84. The maximum Gasteiger partial charge on any atom is 0.255 e. The first-order chi connectivity index (χ1) is 11.2. The predicted octanol–water partition coefficient (Wildman–Crippen LogP) is 4.19. The van der Waals surface area contributed by atoms with Gasteiger partial charge in [0.15, 0.2) is 0 Å². The van der Waals surface area contributed by atoms with E-state index in [1.165, 1.54) is 5.56 Å². The number of aryl methyl sites for hydroxylation is 1. The molecule has 1 aromatic carbocycles. The van der Waals surface area contributed by atoms with Crippen molar-refractivity contribution < 1.29 is 4.79 Å². The lowest BCUT2D eigenvalue weighted by Crippen LogP contribution is -2.39. The minimum absolute atomic E-state index is 0.120. The van der Waals surface area contributed by atoms with Gasteiger partial charge in [0.05, 0.1) is 5.56 Å². The van der Waals surface area contributed by atoms with Crippen LogP contribution in [0.15, 0.2) is 48.7 Å². The van der Waals surface area contributed by atoms with Crippen LogP contribution in [0.4, 0.5) is 0 Å². The fourth-order valence-corrected chi connectivity index (χ4v) is 3.65. The quantitative estimate of drug-likeness (QED) is 0.848. The molecule has 3 nitrogen and oxygen atoms in total. The molecule has 0 radical (unpaired) electrons. The average Bonchev–Trinajstić information content (AvgIpc) is 3.06. The summed E-state index contributed by atoms with van der Waals surface area (Å²) in [5.74, 6) is 0.524. The van der Waals surface area contributed by atoms with Gasteiger partial charge in [-0.05, 0) is 43.9 Å². The molecular weight excluding hydrogens is 284 g/mol. The van der Waals surface area contributed by atoms with Crippen LogP contribution >= 0.6 is 0 Å². The van der Waals surface area contributed by atoms with Gasteiger partial charge < -0.3 is 4.90 Å². The first-order valence-corrected chi connectivity index (χ1v) is 8.49. The van der Waals surface area contributed by atoms with Crippen molar-refractivity contribution in [1.29, 1.82) is 0 Å². The number of amides is 1. The van der Waals surface area contributed by atoms with Crippen molar-refractivity contribution >= 4 is 5.91 Å². The molecule has 2 aromatic rings. The van der Waals surface area contributed by atoms with Crippen molar-refractivity contribution in [1.82, 2.24) is 9.88 Å². The van der Waals surface area contributed by atoms with Gasteiger partial charge in [0, 0.05) is 30.4 Å². The van der Waals surface area contributed by atoms with Gasteiger partial charge >= 0.3 is 0 Å². The highest BCUT2D eigenvalue weighted by atomic mass is 16.2. The molecule has 2 heterocycles. The van der Waals surface area contributed by atoms with E-state index in [4.69, 9.17) is 0 Å². The van der Waals surface area contributed by atoms with Crippen LogP contribution in [-0.2, 0) is 0 Å². The van der Waals surface area contributed by atoms with Crippen molar-refractivity contribution in [3.63, 3.8) is 0 Å². The van der Waals surface area contributed by atoms with E-state index in [0.717, 1.165) is 31.5 Å². The fraction of sp³-hybridized carbons (Fsp3) is 0.400. The number of likely N-dealkylation sites (tertiary alicyclic amines) is 1. The molecule has 1 amide bonds. The Morgan fingerprint density at radius 3 is 2.70 bits per heavy atom. The largest absolute Gasteiger partial charge is 0.335 e. The van der Waals surface area contributed by atoms with E-state index in [9.17, 15) is 4.79 Å². The van der Waals surface area contributed by atoms with Crippen LogP contribution in [0.1, 0.15) is 53.7 Å². The molecule has 1 aliphatic rings. The van der Waals surface area contributed by atoms with Gasteiger partial charge in [-0.1, -0.05) is 37.3 Å². The fourth-order valence-electron chi connectivity index (χ4n) is 3.65. The summed E-state index contributed by atoms with van der Waals surface area (Å²) in [4.78, 5) is 19.2. The molecule has 3 heteroatoms. The van der Waals surface area contributed by atoms with Gasteiger partial charge in [-0.3, -0.25) is 9.78 Å². The number of benzene rings is 1. The molecule has 0 bridgehead atoms. The second-order valence-corrected chi connectivity index (χ2v) is 6.32. The maximum absolute atomic E-state index is 12.9. The highest BCUT2D eigenvalue weighted by Crippen LogP contribution is 2.34. The Morgan fingerprint density at radius 1 is 1.26 bits per heavy atom. The third kappa shape index (κ3) is 3.29. The number of hydrogen-bond acceptors (Lipinski definition) is 2. The summed E-state index contributed by atoms with van der Waals surface area (Å²) in [7, 11) is 0. The first-order valence-electron chi connectivity index (χ1n) is 8.49. The molecule has 1 aliphatic heterocycles. The van der Waals surface area contributed by atoms with E-state index in [1.54, 1.807) is 6.20 Å². The number of pyridine rings is 1. The second-order valence-electron chi connectivity index (χ2n) is 6.32. The molecule has 0 unspecified atom stereocenters. The van der Waals surface area contributed by atoms with Gasteiger partial charge in [-0.25, -0.2) is 0 Å². The Kier molecular flexibility index (Phi) is 4.75. The van der Waals surface area contributed by atoms with Crippen molar-refractivity contribution in [2.75, 3.05) is 6.54 Å². The molecule has 0 spiro atoms. The molecule has 2 atom stereocenters. The van der Waals surface area contributed by atoms with Gasteiger partial charge in [-0.2, -0.15) is 0 Å². The minimum atomic E-state index is 0.120. The monoisotopic (exact) mass is 308 g/mol. The lowest BCUT2D eigenvalue weighted by atomic mass is 9.87. The molecule has 1 fully saturated rings. The van der Waals surface area contributed by atoms with Crippen molar-refractivity contribution in [2.45, 2.75) is 45.1 Å². The molecule has 0 N–H and O–H groups in total. The summed E-state index contributed by atoms with van der Waals surface area (Å²) in [6.07, 6.45) is 4.92. The molecule has 120 valence electrons. The summed E-state index contributed by atoms with van der Waals surface area (Å²) < 4.78 is 0. The van der Waals surface area contributed by atoms with Crippen LogP contribution in [0.3, 0.4) is 0 Å². The second kappa shape index (κ2) is 6.95. The van der Waals surface area contributed by atoms with E-state index in [2.05, 4.69) is 41.1 Å². The number of carbonyl (C=O) groups is 1. The van der Waals surface area contributed by atoms with Crippen molar-refractivity contribution in [3.05, 3.63) is 65.5 Å². The molecule has 23 heavy (non-hydrogen) atoms. The van der Waals surface area contributed by atoms with E-state index < -0.39 is 0 Å². The third-order valence-corrected chi connectivity index (χ3v) is 4.85. The summed E-state index contributed by atoms with van der Waals surface area (Å²) in [5.41, 5.74) is 2.97. The van der Waals surface area contributed by atoms with Gasteiger partial charge in [-0.15, -0.1) is 0 Å². The van der Waals surface area contributed by atoms with E-state index in [1.807, 2.05) is 25.1 Å². The summed E-state index contributed by atoms with van der Waals surface area (Å²) in [5, 5.41) is 0. The molecular formula is C20H24N2O. The maximum atomic E-state index is 12.9. The van der Waals surface area contributed by atoms with Crippen molar-refractivity contribution in [2.24, 2.45) is 0 Å². The van der Waals surface area contributed by atoms with Gasteiger partial charge in [0.2, 0.25) is 0 Å². The van der Waals surface area contributed by atoms with Crippen LogP contribution in [0.2, 0.25) is 0 Å². The summed E-state index contributed by atoms with van der Waals surface area (Å²) in [6, 6.07) is 14.7. The first kappa shape index (κ1) is 15.7. The molecule has 3 rings (SSSR count). The zero-order valence-corrected chi connectivity index (χ0v) is 13.9. The highest BCUT2D eigenvalue weighted by Gasteiger charge is 2.35. The number of nitrogens with zero attached hydrogens (tertiary/aromatic N) is 2. The van der Waals surface area contributed by atoms with Crippen LogP contribution < -0.4 is 0 Å². The van der Waals surface area contributed by atoms with E-state index in [-0.39, 0.29) is 11.9 Å². The SMILES string of the molecule is CC[C@@H](c1ccccc1)[C@H]1CCCN1C(=O)c1ccc(C)nc1. The third-order valence-electron chi connectivity index (χ3n) is 4.85. The van der Waals surface area contributed by atoms with Crippen LogP contribution in [0.5, 0.6) is 0 Å². The van der Waals surface area contributed by atoms with Crippen LogP contribution in [0, 0.1) is 6.92 Å². The van der Waals surface area contributed by atoms with Crippen LogP contribution in [0.25, 0.3) is 0 Å². The Morgan fingerprint density at radius 2 is 2.04 bits per heavy atom. The standard InChI is InChI=1S/C20H24N2O/c1-3-18(16-8-5-4-6-9-16)19-10-7-13-22(19)20(23)17-12-11-15(2)21-14-17/h4-6,8-9,11-12,14,18-19H,3,7,10,13H2,1-2H3/t18-,19+/m0/s1. The number of aromatic nitrogens is 1. The molecule has 1 saturated heterocycles.